The molecule has 7 nitrogen and oxygen atoms in total. The molecular formula is C19H13N3O4. The van der Waals surface area contributed by atoms with Gasteiger partial charge in [0, 0.05) is 0 Å². The highest BCUT2D eigenvalue weighted by Crippen LogP contribution is 2.23. The zero-order valence-electron chi connectivity index (χ0n) is 13.5. The molecular weight excluding hydrogens is 334 g/mol. The Hall–Kier alpha value is -3.74. The van der Waals surface area contributed by atoms with Crippen LogP contribution in [0.5, 0.6) is 0 Å². The van der Waals surface area contributed by atoms with Crippen LogP contribution in [0.25, 0.3) is 11.3 Å². The smallest absolute Gasteiger partial charge is 0.328 e. The van der Waals surface area contributed by atoms with Crippen molar-refractivity contribution in [3.05, 3.63) is 78.2 Å². The highest BCUT2D eigenvalue weighted by atomic mass is 16.7. The molecule has 0 fully saturated rings. The van der Waals surface area contributed by atoms with Crippen molar-refractivity contribution >= 4 is 17.8 Å². The number of imide groups is 1. The number of nitrogens with zero attached hydrogens (tertiary/aromatic N) is 3. The molecule has 0 N–H and O–H groups in total. The lowest BCUT2D eigenvalue weighted by Gasteiger charge is -2.14. The minimum Gasteiger partial charge on any atom is -0.328 e. The lowest BCUT2D eigenvalue weighted by molar-refractivity contribution is -0.169. The normalized spacial score (nSPS) is 13.0. The highest BCUT2D eigenvalue weighted by Gasteiger charge is 2.38. The lowest BCUT2D eigenvalue weighted by atomic mass is 10.1. The summed E-state index contributed by atoms with van der Waals surface area (Å²) < 4.78 is 1.59. The Balaban J connectivity index is 1.51. The van der Waals surface area contributed by atoms with Gasteiger partial charge in [-0.2, -0.15) is 0 Å². The quantitative estimate of drug-likeness (QED) is 0.677. The molecule has 0 saturated heterocycles. The SMILES string of the molecule is O=C(Cn1cncc1-c1ccccc1)ON1C(=O)c2ccccc2C1=O. The summed E-state index contributed by atoms with van der Waals surface area (Å²) in [5, 5.41) is 0.506. The van der Waals surface area contributed by atoms with E-state index in [4.69, 9.17) is 4.84 Å². The Morgan fingerprint density at radius 3 is 2.19 bits per heavy atom. The van der Waals surface area contributed by atoms with E-state index in [0.717, 1.165) is 11.3 Å². The van der Waals surface area contributed by atoms with Crippen LogP contribution in [0.1, 0.15) is 20.7 Å². The van der Waals surface area contributed by atoms with Gasteiger partial charge in [0.05, 0.1) is 29.3 Å². The number of rotatable bonds is 4. The fraction of sp³-hybridized carbons (Fsp3) is 0.0526. The van der Waals surface area contributed by atoms with E-state index < -0.39 is 17.8 Å². The first-order valence-electron chi connectivity index (χ1n) is 7.89. The number of imidazole rings is 1. The first kappa shape index (κ1) is 15.8. The van der Waals surface area contributed by atoms with Gasteiger partial charge in [0.15, 0.2) is 0 Å². The first-order valence-corrected chi connectivity index (χ1v) is 7.89. The fourth-order valence-corrected chi connectivity index (χ4v) is 2.82. The van der Waals surface area contributed by atoms with Crippen molar-refractivity contribution in [3.63, 3.8) is 0 Å². The molecule has 3 aromatic rings. The third-order valence-electron chi connectivity index (χ3n) is 4.03. The molecule has 2 aromatic carbocycles. The summed E-state index contributed by atoms with van der Waals surface area (Å²) in [6.07, 6.45) is 3.12. The second-order valence-electron chi connectivity index (χ2n) is 5.69. The molecule has 0 bridgehead atoms. The van der Waals surface area contributed by atoms with Crippen LogP contribution in [0.3, 0.4) is 0 Å². The van der Waals surface area contributed by atoms with Crippen molar-refractivity contribution in [1.29, 1.82) is 0 Å². The summed E-state index contributed by atoms with van der Waals surface area (Å²) in [6, 6.07) is 15.8. The van der Waals surface area contributed by atoms with Crippen LogP contribution in [0, 0.1) is 0 Å². The van der Waals surface area contributed by atoms with Crippen molar-refractivity contribution in [2.24, 2.45) is 0 Å². The van der Waals surface area contributed by atoms with Gasteiger partial charge in [0.25, 0.3) is 11.8 Å². The van der Waals surface area contributed by atoms with Crippen molar-refractivity contribution in [2.75, 3.05) is 0 Å². The molecule has 7 heteroatoms. The zero-order chi connectivity index (χ0) is 18.1. The molecule has 1 aliphatic rings. The molecule has 1 aliphatic heterocycles. The average molecular weight is 347 g/mol. The van der Waals surface area contributed by atoms with Gasteiger partial charge in [-0.15, -0.1) is 0 Å². The Bertz CT molecular complexity index is 975. The molecule has 128 valence electrons. The van der Waals surface area contributed by atoms with Gasteiger partial charge in [0.1, 0.15) is 6.54 Å². The molecule has 0 spiro atoms. The molecule has 4 rings (SSSR count). The van der Waals surface area contributed by atoms with Gasteiger partial charge in [-0.1, -0.05) is 47.5 Å². The number of fused-ring (bicyclic) bond motifs is 1. The van der Waals surface area contributed by atoms with Crippen LogP contribution < -0.4 is 0 Å². The standard InChI is InChI=1S/C19H13N3O4/c23-17(11-21-12-20-10-16(21)13-6-2-1-3-7-13)26-22-18(24)14-8-4-5-9-15(14)19(22)25/h1-10,12H,11H2. The van der Waals surface area contributed by atoms with Crippen LogP contribution >= 0.6 is 0 Å². The number of carbonyl (C=O) groups excluding carboxylic acids is 3. The van der Waals surface area contributed by atoms with E-state index in [1.54, 1.807) is 22.9 Å². The van der Waals surface area contributed by atoms with Crippen LogP contribution in [0.4, 0.5) is 0 Å². The predicted octanol–water partition coefficient (Wildman–Crippen LogP) is 2.30. The monoisotopic (exact) mass is 347 g/mol. The van der Waals surface area contributed by atoms with Crippen molar-refractivity contribution in [3.8, 4) is 11.3 Å². The molecule has 26 heavy (non-hydrogen) atoms. The minimum absolute atomic E-state index is 0.183. The minimum atomic E-state index is -0.741. The summed E-state index contributed by atoms with van der Waals surface area (Å²) in [5.74, 6) is -2.03. The summed E-state index contributed by atoms with van der Waals surface area (Å²) in [6.45, 7) is -0.183. The van der Waals surface area contributed by atoms with Crippen molar-refractivity contribution in [1.82, 2.24) is 14.6 Å². The third-order valence-corrected chi connectivity index (χ3v) is 4.03. The molecule has 0 aliphatic carbocycles. The number of hydrogen-bond donors (Lipinski definition) is 0. The number of hydrogen-bond acceptors (Lipinski definition) is 5. The number of hydroxylamine groups is 2. The first-order chi connectivity index (χ1) is 12.6. The molecule has 0 radical (unpaired) electrons. The summed E-state index contributed by atoms with van der Waals surface area (Å²) in [7, 11) is 0. The maximum absolute atomic E-state index is 12.3. The summed E-state index contributed by atoms with van der Waals surface area (Å²) in [4.78, 5) is 45.8. The van der Waals surface area contributed by atoms with Crippen LogP contribution in [-0.2, 0) is 16.2 Å². The second kappa shape index (κ2) is 6.29. The Morgan fingerprint density at radius 1 is 0.923 bits per heavy atom. The Kier molecular flexibility index (Phi) is 3.81. The number of benzene rings is 2. The van der Waals surface area contributed by atoms with E-state index in [9.17, 15) is 14.4 Å². The van der Waals surface area contributed by atoms with E-state index in [2.05, 4.69) is 4.98 Å². The molecule has 0 unspecified atom stereocenters. The van der Waals surface area contributed by atoms with E-state index >= 15 is 0 Å². The predicted molar refractivity (Wildman–Crippen MR) is 90.7 cm³/mol. The molecule has 2 heterocycles. The number of amides is 2. The highest BCUT2D eigenvalue weighted by molar-refractivity contribution is 6.20. The van der Waals surface area contributed by atoms with Crippen LogP contribution in [0.2, 0.25) is 0 Å². The zero-order valence-corrected chi connectivity index (χ0v) is 13.5. The fourth-order valence-electron chi connectivity index (χ4n) is 2.82. The average Bonchev–Trinajstić information content (AvgIpc) is 3.22. The maximum atomic E-state index is 12.3. The molecule has 1 aromatic heterocycles. The molecule has 0 atom stereocenters. The molecule has 0 saturated carbocycles. The summed E-state index contributed by atoms with van der Waals surface area (Å²) >= 11 is 0. The van der Waals surface area contributed by atoms with Gasteiger partial charge in [0.2, 0.25) is 0 Å². The van der Waals surface area contributed by atoms with Crippen molar-refractivity contribution < 1.29 is 19.2 Å². The van der Waals surface area contributed by atoms with Gasteiger partial charge < -0.3 is 9.40 Å². The van der Waals surface area contributed by atoms with E-state index in [0.29, 0.717) is 5.06 Å². The van der Waals surface area contributed by atoms with Crippen LogP contribution in [0.15, 0.2) is 67.1 Å². The van der Waals surface area contributed by atoms with E-state index in [1.165, 1.54) is 18.5 Å². The number of carbonyl (C=O) groups is 3. The Labute approximate surface area is 148 Å². The number of aromatic nitrogens is 2. The lowest BCUT2D eigenvalue weighted by Crippen LogP contribution is -2.34. The third kappa shape index (κ3) is 2.65. The maximum Gasteiger partial charge on any atom is 0.352 e. The topological polar surface area (TPSA) is 81.5 Å². The van der Waals surface area contributed by atoms with Gasteiger partial charge in [-0.25, -0.2) is 9.78 Å². The second-order valence-corrected chi connectivity index (χ2v) is 5.69. The van der Waals surface area contributed by atoms with Crippen molar-refractivity contribution in [2.45, 2.75) is 6.54 Å². The molecule has 2 amide bonds. The van der Waals surface area contributed by atoms with E-state index in [1.807, 2.05) is 30.3 Å². The van der Waals surface area contributed by atoms with E-state index in [-0.39, 0.29) is 17.7 Å². The summed E-state index contributed by atoms with van der Waals surface area (Å²) in [5.41, 5.74) is 2.05. The van der Waals surface area contributed by atoms with Crippen LogP contribution in [-0.4, -0.2) is 32.4 Å². The van der Waals surface area contributed by atoms with Gasteiger partial charge in [-0.05, 0) is 17.7 Å². The van der Waals surface area contributed by atoms with Gasteiger partial charge >= 0.3 is 5.97 Å². The van der Waals surface area contributed by atoms with Gasteiger partial charge in [-0.3, -0.25) is 9.59 Å². The largest absolute Gasteiger partial charge is 0.352 e. The Morgan fingerprint density at radius 2 is 1.54 bits per heavy atom.